The lowest BCUT2D eigenvalue weighted by Gasteiger charge is -2.19. The topological polar surface area (TPSA) is 101 Å². The summed E-state index contributed by atoms with van der Waals surface area (Å²) in [6.07, 6.45) is 4.44. The van der Waals surface area contributed by atoms with Gasteiger partial charge in [0.15, 0.2) is 0 Å². The molecule has 0 aromatic carbocycles. The number of amides is 1. The van der Waals surface area contributed by atoms with Crippen molar-refractivity contribution in [2.45, 2.75) is 26.4 Å². The van der Waals surface area contributed by atoms with Gasteiger partial charge in [-0.2, -0.15) is 0 Å². The van der Waals surface area contributed by atoms with E-state index in [1.165, 1.54) is 18.5 Å². The van der Waals surface area contributed by atoms with Crippen LogP contribution in [-0.2, 0) is 9.53 Å². The summed E-state index contributed by atoms with van der Waals surface area (Å²) in [6.45, 7) is 5.23. The lowest BCUT2D eigenvalue weighted by atomic mass is 10.2. The molecule has 0 saturated heterocycles. The molecule has 102 valence electrons. The quantitative estimate of drug-likeness (QED) is 0.809. The molecule has 0 fully saturated rings. The third-order valence-electron chi connectivity index (χ3n) is 1.70. The van der Waals surface area contributed by atoms with Crippen molar-refractivity contribution in [3.05, 3.63) is 24.0 Å². The summed E-state index contributed by atoms with van der Waals surface area (Å²) in [7, 11) is 0. The fourth-order valence-corrected chi connectivity index (χ4v) is 1.05. The number of hydrogen-bond donors (Lipinski definition) is 2. The summed E-state index contributed by atoms with van der Waals surface area (Å²) in [6, 6.07) is 0. The average Bonchev–Trinajstić information content (AvgIpc) is 2.25. The van der Waals surface area contributed by atoms with E-state index < -0.39 is 17.7 Å². The molecule has 1 amide bonds. The number of nitrogens with one attached hydrogen (secondary N) is 1. The lowest BCUT2D eigenvalue weighted by molar-refractivity contribution is -0.131. The van der Waals surface area contributed by atoms with Crippen molar-refractivity contribution in [1.29, 1.82) is 0 Å². The Labute approximate surface area is 110 Å². The number of nitrogens with zero attached hydrogens (tertiary/aromatic N) is 2. The van der Waals surface area contributed by atoms with Crippen LogP contribution in [0.5, 0.6) is 0 Å². The molecular formula is C12H15N3O4. The molecule has 0 aliphatic rings. The highest BCUT2D eigenvalue weighted by Gasteiger charge is 2.16. The van der Waals surface area contributed by atoms with Crippen molar-refractivity contribution >= 4 is 24.1 Å². The molecule has 0 spiro atoms. The van der Waals surface area contributed by atoms with Gasteiger partial charge >= 0.3 is 12.1 Å². The predicted molar refractivity (Wildman–Crippen MR) is 68.6 cm³/mol. The van der Waals surface area contributed by atoms with Crippen molar-refractivity contribution in [2.24, 2.45) is 0 Å². The fourth-order valence-electron chi connectivity index (χ4n) is 1.05. The first-order valence-electron chi connectivity index (χ1n) is 5.49. The van der Waals surface area contributed by atoms with E-state index in [-0.39, 0.29) is 5.95 Å². The van der Waals surface area contributed by atoms with Crippen LogP contribution >= 0.6 is 0 Å². The maximum Gasteiger partial charge on any atom is 0.414 e. The van der Waals surface area contributed by atoms with E-state index in [9.17, 15) is 9.59 Å². The summed E-state index contributed by atoms with van der Waals surface area (Å²) in [5, 5.41) is 10.8. The second kappa shape index (κ2) is 5.94. The highest BCUT2D eigenvalue weighted by atomic mass is 16.6. The van der Waals surface area contributed by atoms with Crippen LogP contribution in [0.4, 0.5) is 10.7 Å². The predicted octanol–water partition coefficient (Wildman–Crippen LogP) is 1.92. The monoisotopic (exact) mass is 265 g/mol. The van der Waals surface area contributed by atoms with Gasteiger partial charge in [0.1, 0.15) is 5.60 Å². The molecule has 1 rings (SSSR count). The molecule has 0 radical (unpaired) electrons. The molecular weight excluding hydrogens is 250 g/mol. The largest absolute Gasteiger partial charge is 0.478 e. The minimum absolute atomic E-state index is 0.0849. The number of carboxylic acids is 1. The summed E-state index contributed by atoms with van der Waals surface area (Å²) >= 11 is 0. The van der Waals surface area contributed by atoms with Crippen LogP contribution in [-0.4, -0.2) is 32.7 Å². The Balaban J connectivity index is 2.62. The molecule has 0 unspecified atom stereocenters. The van der Waals surface area contributed by atoms with Crippen LogP contribution in [0, 0.1) is 0 Å². The number of aromatic nitrogens is 2. The third-order valence-corrected chi connectivity index (χ3v) is 1.70. The number of carboxylic acid groups (broad SMARTS) is 1. The first kappa shape index (κ1) is 14.6. The number of ether oxygens (including phenoxy) is 1. The molecule has 19 heavy (non-hydrogen) atoms. The average molecular weight is 265 g/mol. The number of carbonyl (C=O) groups is 2. The normalized spacial score (nSPS) is 11.3. The van der Waals surface area contributed by atoms with Crippen LogP contribution in [0.1, 0.15) is 26.3 Å². The van der Waals surface area contributed by atoms with Crippen LogP contribution in [0.15, 0.2) is 18.5 Å². The number of aliphatic carboxylic acids is 1. The van der Waals surface area contributed by atoms with E-state index in [0.29, 0.717) is 5.56 Å². The number of carbonyl (C=O) groups excluding carboxylic acids is 1. The summed E-state index contributed by atoms with van der Waals surface area (Å²) in [5.41, 5.74) is -0.0917. The van der Waals surface area contributed by atoms with Gasteiger partial charge < -0.3 is 9.84 Å². The number of rotatable bonds is 3. The summed E-state index contributed by atoms with van der Waals surface area (Å²) in [5.74, 6) is -0.974. The second-order valence-corrected chi connectivity index (χ2v) is 4.64. The van der Waals surface area contributed by atoms with Crippen LogP contribution in [0.25, 0.3) is 6.08 Å². The second-order valence-electron chi connectivity index (χ2n) is 4.64. The van der Waals surface area contributed by atoms with Gasteiger partial charge in [-0.3, -0.25) is 5.32 Å². The molecule has 0 saturated carbocycles. The van der Waals surface area contributed by atoms with Gasteiger partial charge in [0, 0.05) is 24.0 Å². The highest BCUT2D eigenvalue weighted by molar-refractivity contribution is 5.85. The maximum atomic E-state index is 11.4. The van der Waals surface area contributed by atoms with Crippen molar-refractivity contribution in [3.63, 3.8) is 0 Å². The molecule has 7 nitrogen and oxygen atoms in total. The zero-order valence-corrected chi connectivity index (χ0v) is 10.9. The molecule has 1 aromatic rings. The van der Waals surface area contributed by atoms with Crippen molar-refractivity contribution in [2.75, 3.05) is 5.32 Å². The van der Waals surface area contributed by atoms with E-state index in [1.807, 2.05) is 0 Å². The van der Waals surface area contributed by atoms with Crippen molar-refractivity contribution in [3.8, 4) is 0 Å². The molecule has 0 aliphatic heterocycles. The molecule has 1 aromatic heterocycles. The molecule has 0 atom stereocenters. The smallest absolute Gasteiger partial charge is 0.414 e. The Bertz CT molecular complexity index is 489. The molecule has 2 N–H and O–H groups in total. The van der Waals surface area contributed by atoms with Gasteiger partial charge in [-0.05, 0) is 26.8 Å². The van der Waals surface area contributed by atoms with Gasteiger partial charge in [0.2, 0.25) is 5.95 Å². The minimum Gasteiger partial charge on any atom is -0.478 e. The van der Waals surface area contributed by atoms with Gasteiger partial charge in [-0.15, -0.1) is 0 Å². The molecule has 7 heteroatoms. The molecule has 0 bridgehead atoms. The van der Waals surface area contributed by atoms with E-state index in [0.717, 1.165) is 6.08 Å². The standard InChI is InChI=1S/C12H15N3O4/c1-12(2,3)19-11(18)15-10-13-6-8(7-14-10)4-5-9(16)17/h4-7H,1-3H3,(H,16,17)(H,13,14,15,18)/b5-4+. The zero-order chi connectivity index (χ0) is 14.5. The van der Waals surface area contributed by atoms with E-state index >= 15 is 0 Å². The lowest BCUT2D eigenvalue weighted by Crippen LogP contribution is -2.27. The molecule has 0 aliphatic carbocycles. The Morgan fingerprint density at radius 1 is 1.32 bits per heavy atom. The fraction of sp³-hybridized carbons (Fsp3) is 0.333. The van der Waals surface area contributed by atoms with Crippen LogP contribution in [0.2, 0.25) is 0 Å². The van der Waals surface area contributed by atoms with Crippen molar-refractivity contribution < 1.29 is 19.4 Å². The van der Waals surface area contributed by atoms with Crippen LogP contribution in [0.3, 0.4) is 0 Å². The van der Waals surface area contributed by atoms with Crippen molar-refractivity contribution in [1.82, 2.24) is 9.97 Å². The number of anilines is 1. The van der Waals surface area contributed by atoms with Crippen LogP contribution < -0.4 is 5.32 Å². The Morgan fingerprint density at radius 3 is 2.37 bits per heavy atom. The van der Waals surface area contributed by atoms with E-state index in [4.69, 9.17) is 9.84 Å². The third kappa shape index (κ3) is 6.16. The van der Waals surface area contributed by atoms with E-state index in [1.54, 1.807) is 20.8 Å². The van der Waals surface area contributed by atoms with Gasteiger partial charge in [-0.1, -0.05) is 0 Å². The Kier molecular flexibility index (Phi) is 4.57. The minimum atomic E-state index is -1.06. The summed E-state index contributed by atoms with van der Waals surface area (Å²) < 4.78 is 5.03. The van der Waals surface area contributed by atoms with Gasteiger partial charge in [-0.25, -0.2) is 19.6 Å². The molecule has 1 heterocycles. The highest BCUT2D eigenvalue weighted by Crippen LogP contribution is 2.09. The first-order valence-corrected chi connectivity index (χ1v) is 5.49. The SMILES string of the molecule is CC(C)(C)OC(=O)Nc1ncc(/C=C/C(=O)O)cn1. The zero-order valence-electron chi connectivity index (χ0n) is 10.9. The Hall–Kier alpha value is -2.44. The van der Waals surface area contributed by atoms with E-state index in [2.05, 4.69) is 15.3 Å². The van der Waals surface area contributed by atoms with Gasteiger partial charge in [0.05, 0.1) is 0 Å². The first-order chi connectivity index (χ1) is 8.76. The number of hydrogen-bond acceptors (Lipinski definition) is 5. The Morgan fingerprint density at radius 2 is 1.89 bits per heavy atom. The van der Waals surface area contributed by atoms with Gasteiger partial charge in [0.25, 0.3) is 0 Å². The summed E-state index contributed by atoms with van der Waals surface area (Å²) in [4.78, 5) is 29.5. The maximum absolute atomic E-state index is 11.4.